The third-order valence-electron chi connectivity index (χ3n) is 3.88. The Kier molecular flexibility index (Phi) is 4.22. The smallest absolute Gasteiger partial charge is 0.172 e. The van der Waals surface area contributed by atoms with Gasteiger partial charge in [0.05, 0.1) is 41.2 Å². The number of aromatic nitrogens is 2. The standard InChI is InChI=1S/C18H17N5O/c1-3-16-18(17(4-2)23(22-16)14-10-21-11-14)24-15-6-12(8-19)5-13(7-15)9-20/h5-7,10,21H,3-4,11H2,1-2H3. The van der Waals surface area contributed by atoms with Crippen LogP contribution in [0.3, 0.4) is 0 Å². The number of rotatable bonds is 5. The van der Waals surface area contributed by atoms with Crippen LogP contribution >= 0.6 is 0 Å². The summed E-state index contributed by atoms with van der Waals surface area (Å²) in [6.45, 7) is 4.86. The summed E-state index contributed by atoms with van der Waals surface area (Å²) >= 11 is 0. The van der Waals surface area contributed by atoms with Crippen LogP contribution in [0.25, 0.3) is 5.70 Å². The minimum Gasteiger partial charge on any atom is -0.453 e. The first kappa shape index (κ1) is 15.6. The lowest BCUT2D eigenvalue weighted by Crippen LogP contribution is -2.26. The third kappa shape index (κ3) is 2.70. The molecule has 6 heteroatoms. The minimum absolute atomic E-state index is 0.401. The van der Waals surface area contributed by atoms with E-state index in [0.717, 1.165) is 36.5 Å². The lowest BCUT2D eigenvalue weighted by atomic mass is 10.1. The molecule has 0 spiro atoms. The largest absolute Gasteiger partial charge is 0.453 e. The van der Waals surface area contributed by atoms with E-state index in [0.29, 0.717) is 22.6 Å². The van der Waals surface area contributed by atoms with E-state index in [1.807, 2.05) is 17.8 Å². The lowest BCUT2D eigenvalue weighted by Gasteiger charge is -2.18. The van der Waals surface area contributed by atoms with Crippen molar-refractivity contribution in [3.8, 4) is 23.6 Å². The van der Waals surface area contributed by atoms with Gasteiger partial charge < -0.3 is 10.1 Å². The number of hydrogen-bond acceptors (Lipinski definition) is 5. The molecule has 0 bridgehead atoms. The summed E-state index contributed by atoms with van der Waals surface area (Å²) < 4.78 is 7.99. The van der Waals surface area contributed by atoms with Crippen LogP contribution in [0.15, 0.2) is 24.4 Å². The van der Waals surface area contributed by atoms with Crippen molar-refractivity contribution in [1.29, 1.82) is 10.5 Å². The van der Waals surface area contributed by atoms with Crippen molar-refractivity contribution in [2.75, 3.05) is 6.54 Å². The molecule has 2 heterocycles. The molecular weight excluding hydrogens is 302 g/mol. The van der Waals surface area contributed by atoms with Gasteiger partial charge in [0.2, 0.25) is 0 Å². The van der Waals surface area contributed by atoms with Gasteiger partial charge in [0.15, 0.2) is 5.75 Å². The maximum absolute atomic E-state index is 9.12. The highest BCUT2D eigenvalue weighted by Gasteiger charge is 2.22. The molecule has 1 aliphatic heterocycles. The Bertz CT molecular complexity index is 863. The van der Waals surface area contributed by atoms with Crippen molar-refractivity contribution in [2.24, 2.45) is 0 Å². The molecule has 1 aliphatic rings. The maximum atomic E-state index is 9.12. The number of ether oxygens (including phenoxy) is 1. The van der Waals surface area contributed by atoms with Gasteiger partial charge >= 0.3 is 0 Å². The lowest BCUT2D eigenvalue weighted by molar-refractivity contribution is 0.470. The fourth-order valence-electron chi connectivity index (χ4n) is 2.62. The number of nitriles is 2. The van der Waals surface area contributed by atoms with Crippen molar-refractivity contribution in [3.05, 3.63) is 46.9 Å². The first-order valence-electron chi connectivity index (χ1n) is 7.86. The normalized spacial score (nSPS) is 12.4. The van der Waals surface area contributed by atoms with E-state index in [-0.39, 0.29) is 0 Å². The third-order valence-corrected chi connectivity index (χ3v) is 3.88. The quantitative estimate of drug-likeness (QED) is 0.915. The van der Waals surface area contributed by atoms with E-state index in [2.05, 4.69) is 29.5 Å². The Morgan fingerprint density at radius 2 is 1.83 bits per heavy atom. The van der Waals surface area contributed by atoms with Crippen molar-refractivity contribution in [2.45, 2.75) is 26.7 Å². The van der Waals surface area contributed by atoms with E-state index in [1.165, 1.54) is 0 Å². The number of hydrogen-bond donors (Lipinski definition) is 1. The van der Waals surface area contributed by atoms with Gasteiger partial charge in [-0.1, -0.05) is 13.8 Å². The van der Waals surface area contributed by atoms with Gasteiger partial charge in [0, 0.05) is 6.20 Å². The molecule has 0 unspecified atom stereocenters. The molecule has 0 fully saturated rings. The van der Waals surface area contributed by atoms with Crippen LogP contribution in [0.5, 0.6) is 11.5 Å². The fourth-order valence-corrected chi connectivity index (χ4v) is 2.62. The fraction of sp³-hybridized carbons (Fsp3) is 0.278. The van der Waals surface area contributed by atoms with E-state index in [4.69, 9.17) is 15.3 Å². The molecule has 0 aliphatic carbocycles. The van der Waals surface area contributed by atoms with Gasteiger partial charge in [-0.15, -0.1) is 0 Å². The van der Waals surface area contributed by atoms with Crippen molar-refractivity contribution in [1.82, 2.24) is 15.1 Å². The average Bonchev–Trinajstić information content (AvgIpc) is 2.89. The van der Waals surface area contributed by atoms with Crippen LogP contribution in [0.1, 0.15) is 36.4 Å². The Morgan fingerprint density at radius 3 is 2.29 bits per heavy atom. The van der Waals surface area contributed by atoms with Crippen LogP contribution in [0, 0.1) is 22.7 Å². The molecule has 3 rings (SSSR count). The van der Waals surface area contributed by atoms with Gasteiger partial charge in [-0.05, 0) is 31.0 Å². The predicted molar refractivity (Wildman–Crippen MR) is 89.2 cm³/mol. The highest BCUT2D eigenvalue weighted by atomic mass is 16.5. The van der Waals surface area contributed by atoms with Gasteiger partial charge in [-0.2, -0.15) is 15.6 Å². The van der Waals surface area contributed by atoms with Crippen molar-refractivity contribution < 1.29 is 4.74 Å². The summed E-state index contributed by atoms with van der Waals surface area (Å²) in [5.41, 5.74) is 3.75. The molecule has 120 valence electrons. The number of nitrogens with one attached hydrogen (secondary N) is 1. The molecule has 2 aromatic rings. The molecule has 0 saturated carbocycles. The zero-order valence-corrected chi connectivity index (χ0v) is 13.6. The highest BCUT2D eigenvalue weighted by molar-refractivity contribution is 5.56. The summed E-state index contributed by atoms with van der Waals surface area (Å²) in [7, 11) is 0. The Hall–Kier alpha value is -3.25. The van der Waals surface area contributed by atoms with Crippen molar-refractivity contribution in [3.63, 3.8) is 0 Å². The second kappa shape index (κ2) is 6.47. The molecular formula is C18H17N5O. The summed E-state index contributed by atoms with van der Waals surface area (Å²) in [5, 5.41) is 26.0. The second-order valence-electron chi connectivity index (χ2n) is 5.43. The van der Waals surface area contributed by atoms with Gasteiger partial charge in [-0.25, -0.2) is 4.68 Å². The molecule has 6 nitrogen and oxygen atoms in total. The number of nitrogens with zero attached hydrogens (tertiary/aromatic N) is 4. The minimum atomic E-state index is 0.401. The van der Waals surface area contributed by atoms with E-state index in [9.17, 15) is 0 Å². The van der Waals surface area contributed by atoms with Crippen LogP contribution in [0.4, 0.5) is 0 Å². The van der Waals surface area contributed by atoms with Gasteiger partial charge in [0.1, 0.15) is 11.4 Å². The summed E-state index contributed by atoms with van der Waals surface area (Å²) in [4.78, 5) is 0. The average molecular weight is 319 g/mol. The van der Waals surface area contributed by atoms with Gasteiger partial charge in [0.25, 0.3) is 0 Å². The Labute approximate surface area is 140 Å². The summed E-state index contributed by atoms with van der Waals surface area (Å²) in [6, 6.07) is 8.94. The number of benzene rings is 1. The SMILES string of the molecule is CCc1nn(C2=CNC2)c(CC)c1Oc1cc(C#N)cc(C#N)c1. The molecule has 1 N–H and O–H groups in total. The van der Waals surface area contributed by atoms with Gasteiger partial charge in [-0.3, -0.25) is 0 Å². The Morgan fingerprint density at radius 1 is 1.17 bits per heavy atom. The zero-order chi connectivity index (χ0) is 17.1. The second-order valence-corrected chi connectivity index (χ2v) is 5.43. The molecule has 0 radical (unpaired) electrons. The molecule has 1 aromatic heterocycles. The molecule has 1 aromatic carbocycles. The maximum Gasteiger partial charge on any atom is 0.172 e. The summed E-state index contributed by atoms with van der Waals surface area (Å²) in [5.74, 6) is 1.20. The number of aryl methyl sites for hydroxylation is 1. The molecule has 0 saturated heterocycles. The zero-order valence-electron chi connectivity index (χ0n) is 13.6. The molecule has 0 amide bonds. The van der Waals surface area contributed by atoms with Crippen LogP contribution in [-0.4, -0.2) is 16.3 Å². The molecule has 0 atom stereocenters. The summed E-state index contributed by atoms with van der Waals surface area (Å²) in [6.07, 6.45) is 3.43. The highest BCUT2D eigenvalue weighted by Crippen LogP contribution is 2.33. The van der Waals surface area contributed by atoms with Crippen LogP contribution in [0.2, 0.25) is 0 Å². The first-order valence-corrected chi connectivity index (χ1v) is 7.86. The predicted octanol–water partition coefficient (Wildman–Crippen LogP) is 2.95. The van der Waals surface area contributed by atoms with Crippen LogP contribution < -0.4 is 10.1 Å². The van der Waals surface area contributed by atoms with E-state index in [1.54, 1.807) is 18.2 Å². The van der Waals surface area contributed by atoms with Crippen molar-refractivity contribution >= 4 is 5.70 Å². The Balaban J connectivity index is 2.05. The first-order chi connectivity index (χ1) is 11.7. The van der Waals surface area contributed by atoms with E-state index >= 15 is 0 Å². The van der Waals surface area contributed by atoms with Crippen LogP contribution in [-0.2, 0) is 12.8 Å². The topological polar surface area (TPSA) is 86.7 Å². The molecule has 24 heavy (non-hydrogen) atoms. The monoisotopic (exact) mass is 319 g/mol. The van der Waals surface area contributed by atoms with E-state index < -0.39 is 0 Å².